The van der Waals surface area contributed by atoms with E-state index in [1.807, 2.05) is 0 Å². The van der Waals surface area contributed by atoms with Crippen LogP contribution in [0.4, 0.5) is 0 Å². The molecule has 3 heteroatoms. The van der Waals surface area contributed by atoms with E-state index in [1.165, 1.54) is 45.7 Å². The first-order valence-corrected chi connectivity index (χ1v) is 5.90. The van der Waals surface area contributed by atoms with Crippen molar-refractivity contribution in [3.63, 3.8) is 0 Å². The molecule has 82 valence electrons. The van der Waals surface area contributed by atoms with Gasteiger partial charge >= 0.3 is 0 Å². The molecule has 0 aromatic rings. The second-order valence-electron chi connectivity index (χ2n) is 4.88. The van der Waals surface area contributed by atoms with E-state index in [2.05, 4.69) is 29.1 Å². The number of likely N-dealkylation sites (N-methyl/N-ethyl adjacent to an activating group) is 1. The van der Waals surface area contributed by atoms with Gasteiger partial charge in [-0.2, -0.15) is 0 Å². The second-order valence-corrected chi connectivity index (χ2v) is 4.88. The topological polar surface area (TPSA) is 18.5 Å². The SMILES string of the molecule is CC1CCNCC1N1CCN(C)CC1. The summed E-state index contributed by atoms with van der Waals surface area (Å²) in [6, 6.07) is 0.789. The molecule has 2 atom stereocenters. The van der Waals surface area contributed by atoms with Gasteiger partial charge in [-0.05, 0) is 25.9 Å². The van der Waals surface area contributed by atoms with E-state index < -0.39 is 0 Å². The summed E-state index contributed by atoms with van der Waals surface area (Å²) >= 11 is 0. The van der Waals surface area contributed by atoms with Gasteiger partial charge in [-0.25, -0.2) is 0 Å². The van der Waals surface area contributed by atoms with Crippen molar-refractivity contribution in [2.75, 3.05) is 46.3 Å². The van der Waals surface area contributed by atoms with Gasteiger partial charge in [0.25, 0.3) is 0 Å². The van der Waals surface area contributed by atoms with Gasteiger partial charge in [-0.3, -0.25) is 4.90 Å². The molecule has 2 aliphatic heterocycles. The van der Waals surface area contributed by atoms with E-state index in [4.69, 9.17) is 0 Å². The summed E-state index contributed by atoms with van der Waals surface area (Å²) in [5, 5.41) is 3.52. The van der Waals surface area contributed by atoms with E-state index >= 15 is 0 Å². The average Bonchev–Trinajstić information content (AvgIpc) is 2.20. The van der Waals surface area contributed by atoms with Crippen LogP contribution in [0.25, 0.3) is 0 Å². The lowest BCUT2D eigenvalue weighted by Gasteiger charge is -2.42. The third-order valence-electron chi connectivity index (χ3n) is 3.79. The van der Waals surface area contributed by atoms with Gasteiger partial charge in [0, 0.05) is 38.8 Å². The van der Waals surface area contributed by atoms with Crippen LogP contribution in [0, 0.1) is 5.92 Å². The smallest absolute Gasteiger partial charge is 0.0247 e. The van der Waals surface area contributed by atoms with Gasteiger partial charge in [-0.1, -0.05) is 6.92 Å². The highest BCUT2D eigenvalue weighted by atomic mass is 15.3. The largest absolute Gasteiger partial charge is 0.315 e. The molecule has 0 radical (unpaired) electrons. The minimum Gasteiger partial charge on any atom is -0.315 e. The first kappa shape index (κ1) is 10.4. The Morgan fingerprint density at radius 3 is 2.50 bits per heavy atom. The molecule has 2 heterocycles. The Hall–Kier alpha value is -0.120. The Morgan fingerprint density at radius 1 is 1.14 bits per heavy atom. The normalized spacial score (nSPS) is 37.3. The predicted octanol–water partition coefficient (Wildman–Crippen LogP) is 0.232. The monoisotopic (exact) mass is 197 g/mol. The highest BCUT2D eigenvalue weighted by molar-refractivity contribution is 4.85. The number of nitrogens with one attached hydrogen (secondary N) is 1. The van der Waals surface area contributed by atoms with Crippen molar-refractivity contribution in [2.45, 2.75) is 19.4 Å². The van der Waals surface area contributed by atoms with E-state index in [1.54, 1.807) is 0 Å². The van der Waals surface area contributed by atoms with Crippen LogP contribution < -0.4 is 5.32 Å². The molecule has 2 fully saturated rings. The summed E-state index contributed by atoms with van der Waals surface area (Å²) in [4.78, 5) is 5.11. The Bertz CT molecular complexity index is 175. The molecule has 0 spiro atoms. The van der Waals surface area contributed by atoms with E-state index in [9.17, 15) is 0 Å². The maximum Gasteiger partial charge on any atom is 0.0247 e. The van der Waals surface area contributed by atoms with E-state index in [-0.39, 0.29) is 0 Å². The molecule has 2 aliphatic rings. The van der Waals surface area contributed by atoms with Gasteiger partial charge in [0.1, 0.15) is 0 Å². The fourth-order valence-corrected chi connectivity index (χ4v) is 2.62. The second kappa shape index (κ2) is 4.60. The molecule has 3 nitrogen and oxygen atoms in total. The van der Waals surface area contributed by atoms with Gasteiger partial charge in [0.2, 0.25) is 0 Å². The van der Waals surface area contributed by atoms with E-state index in [0.29, 0.717) is 0 Å². The highest BCUT2D eigenvalue weighted by Crippen LogP contribution is 2.18. The molecule has 0 saturated carbocycles. The van der Waals surface area contributed by atoms with Crippen LogP contribution in [0.15, 0.2) is 0 Å². The van der Waals surface area contributed by atoms with Crippen molar-refractivity contribution in [2.24, 2.45) is 5.92 Å². The Morgan fingerprint density at radius 2 is 1.86 bits per heavy atom. The van der Waals surface area contributed by atoms with Crippen LogP contribution in [0.1, 0.15) is 13.3 Å². The number of nitrogens with zero attached hydrogens (tertiary/aromatic N) is 2. The molecular weight excluding hydrogens is 174 g/mol. The maximum absolute atomic E-state index is 3.52. The van der Waals surface area contributed by atoms with Gasteiger partial charge in [0.05, 0.1) is 0 Å². The minimum atomic E-state index is 0.789. The third kappa shape index (κ3) is 2.27. The zero-order valence-corrected chi connectivity index (χ0v) is 9.50. The van der Waals surface area contributed by atoms with Gasteiger partial charge in [0.15, 0.2) is 0 Å². The first-order valence-electron chi connectivity index (χ1n) is 5.90. The average molecular weight is 197 g/mol. The van der Waals surface area contributed by atoms with Crippen LogP contribution >= 0.6 is 0 Å². The summed E-state index contributed by atoms with van der Waals surface area (Å²) in [6.07, 6.45) is 1.34. The zero-order valence-electron chi connectivity index (χ0n) is 9.50. The molecule has 2 rings (SSSR count). The minimum absolute atomic E-state index is 0.789. The van der Waals surface area contributed by atoms with Crippen molar-refractivity contribution in [3.05, 3.63) is 0 Å². The van der Waals surface area contributed by atoms with Crippen LogP contribution in [0.2, 0.25) is 0 Å². The molecule has 0 bridgehead atoms. The van der Waals surface area contributed by atoms with Crippen LogP contribution in [0.3, 0.4) is 0 Å². The molecule has 0 aromatic heterocycles. The van der Waals surface area contributed by atoms with Crippen molar-refractivity contribution < 1.29 is 0 Å². The Kier molecular flexibility index (Phi) is 3.42. The lowest BCUT2D eigenvalue weighted by atomic mass is 9.93. The maximum atomic E-state index is 3.52. The fraction of sp³-hybridized carbons (Fsp3) is 1.00. The summed E-state index contributed by atoms with van der Waals surface area (Å²) in [7, 11) is 2.22. The molecule has 2 unspecified atom stereocenters. The summed E-state index contributed by atoms with van der Waals surface area (Å²) in [5.41, 5.74) is 0. The summed E-state index contributed by atoms with van der Waals surface area (Å²) in [6.45, 7) is 9.81. The standard InChI is InChI=1S/C11H23N3/c1-10-3-4-12-9-11(10)14-7-5-13(2)6-8-14/h10-12H,3-9H2,1-2H3. The number of hydrogen-bond donors (Lipinski definition) is 1. The highest BCUT2D eigenvalue weighted by Gasteiger charge is 2.28. The predicted molar refractivity (Wildman–Crippen MR) is 59.5 cm³/mol. The lowest BCUT2D eigenvalue weighted by molar-refractivity contribution is 0.0710. The molecule has 0 aliphatic carbocycles. The van der Waals surface area contributed by atoms with E-state index in [0.717, 1.165) is 12.0 Å². The summed E-state index contributed by atoms with van der Waals surface area (Å²) < 4.78 is 0. The number of piperidine rings is 1. The number of piperazine rings is 1. The molecule has 14 heavy (non-hydrogen) atoms. The van der Waals surface area contributed by atoms with Gasteiger partial charge < -0.3 is 10.2 Å². The molecule has 0 aromatic carbocycles. The molecule has 1 N–H and O–H groups in total. The first-order chi connectivity index (χ1) is 6.77. The quantitative estimate of drug-likeness (QED) is 0.649. The van der Waals surface area contributed by atoms with Gasteiger partial charge in [-0.15, -0.1) is 0 Å². The molecule has 0 amide bonds. The number of rotatable bonds is 1. The van der Waals surface area contributed by atoms with Crippen LogP contribution in [0.5, 0.6) is 0 Å². The Balaban J connectivity index is 1.87. The van der Waals surface area contributed by atoms with Crippen molar-refractivity contribution >= 4 is 0 Å². The van der Waals surface area contributed by atoms with Crippen molar-refractivity contribution in [1.29, 1.82) is 0 Å². The molecular formula is C11H23N3. The molecule has 2 saturated heterocycles. The lowest BCUT2D eigenvalue weighted by Crippen LogP contribution is -2.56. The third-order valence-corrected chi connectivity index (χ3v) is 3.79. The zero-order chi connectivity index (χ0) is 9.97. The van der Waals surface area contributed by atoms with Crippen LogP contribution in [-0.2, 0) is 0 Å². The number of hydrogen-bond acceptors (Lipinski definition) is 3. The Labute approximate surface area is 87.4 Å². The van der Waals surface area contributed by atoms with Crippen molar-refractivity contribution in [3.8, 4) is 0 Å². The van der Waals surface area contributed by atoms with Crippen molar-refractivity contribution in [1.82, 2.24) is 15.1 Å². The summed E-state index contributed by atoms with van der Waals surface area (Å²) in [5.74, 6) is 0.875. The van der Waals surface area contributed by atoms with Crippen LogP contribution in [-0.4, -0.2) is 62.2 Å². The fourth-order valence-electron chi connectivity index (χ4n) is 2.62.